The van der Waals surface area contributed by atoms with Gasteiger partial charge in [-0.1, -0.05) is 6.92 Å². The molecule has 6 heteroatoms. The Bertz CT molecular complexity index is 636. The molecular weight excluding hydrogens is 254 g/mol. The predicted octanol–water partition coefficient (Wildman–Crippen LogP) is 0.855. The standard InChI is InChI=1S/C14H19N5O/c1-2-12-14(20)16-5-6-19(12)8-13-17-10-4-3-9(15)7-11(10)18-13/h3-4,7,12H,2,5-6,8,15H2,1H3,(H,16,20)(H,17,18). The van der Waals surface area contributed by atoms with Gasteiger partial charge in [0.15, 0.2) is 0 Å². The van der Waals surface area contributed by atoms with Crippen LogP contribution in [0.3, 0.4) is 0 Å². The number of carbonyl (C=O) groups is 1. The second-order valence-corrected chi connectivity index (χ2v) is 5.15. The Hall–Kier alpha value is -2.08. The Kier molecular flexibility index (Phi) is 3.31. The van der Waals surface area contributed by atoms with Gasteiger partial charge in [0.1, 0.15) is 5.82 Å². The van der Waals surface area contributed by atoms with Gasteiger partial charge in [-0.15, -0.1) is 0 Å². The second kappa shape index (κ2) is 5.13. The smallest absolute Gasteiger partial charge is 0.237 e. The molecule has 2 heterocycles. The van der Waals surface area contributed by atoms with Gasteiger partial charge in [-0.2, -0.15) is 0 Å². The van der Waals surface area contributed by atoms with E-state index in [0.29, 0.717) is 13.1 Å². The summed E-state index contributed by atoms with van der Waals surface area (Å²) < 4.78 is 0. The number of H-pyrrole nitrogens is 1. The van der Waals surface area contributed by atoms with Gasteiger partial charge in [-0.05, 0) is 24.6 Å². The molecule has 20 heavy (non-hydrogen) atoms. The van der Waals surface area contributed by atoms with E-state index in [1.807, 2.05) is 25.1 Å². The molecule has 0 saturated carbocycles. The molecule has 0 spiro atoms. The van der Waals surface area contributed by atoms with E-state index in [-0.39, 0.29) is 11.9 Å². The normalized spacial score (nSPS) is 20.2. The number of rotatable bonds is 3. The lowest BCUT2D eigenvalue weighted by atomic mass is 10.1. The molecule has 1 aromatic heterocycles. The van der Waals surface area contributed by atoms with Crippen LogP contribution in [0.1, 0.15) is 19.2 Å². The number of amides is 1. The van der Waals surface area contributed by atoms with Gasteiger partial charge in [0.05, 0.1) is 23.6 Å². The highest BCUT2D eigenvalue weighted by molar-refractivity contribution is 5.82. The molecular formula is C14H19N5O. The van der Waals surface area contributed by atoms with E-state index in [2.05, 4.69) is 20.2 Å². The number of carbonyl (C=O) groups excluding carboxylic acids is 1. The van der Waals surface area contributed by atoms with Crippen LogP contribution in [0.2, 0.25) is 0 Å². The number of nitrogen functional groups attached to an aromatic ring is 1. The van der Waals surface area contributed by atoms with Crippen LogP contribution in [0.15, 0.2) is 18.2 Å². The molecule has 106 valence electrons. The number of fused-ring (bicyclic) bond motifs is 1. The molecule has 1 saturated heterocycles. The first-order chi connectivity index (χ1) is 9.67. The summed E-state index contributed by atoms with van der Waals surface area (Å²) in [6.07, 6.45) is 0.805. The minimum absolute atomic E-state index is 0.0676. The third kappa shape index (κ3) is 2.34. The van der Waals surface area contributed by atoms with E-state index in [1.54, 1.807) is 0 Å². The lowest BCUT2D eigenvalue weighted by Gasteiger charge is -2.33. The summed E-state index contributed by atoms with van der Waals surface area (Å²) in [7, 11) is 0. The van der Waals surface area contributed by atoms with E-state index < -0.39 is 0 Å². The molecule has 1 amide bonds. The number of aromatic nitrogens is 2. The summed E-state index contributed by atoms with van der Waals surface area (Å²) in [5, 5.41) is 2.91. The SMILES string of the molecule is CCC1C(=O)NCCN1Cc1nc2ccc(N)cc2[nH]1. The Morgan fingerprint density at radius 1 is 1.50 bits per heavy atom. The Labute approximate surface area is 117 Å². The molecule has 1 aliphatic heterocycles. The average molecular weight is 273 g/mol. The van der Waals surface area contributed by atoms with Crippen molar-refractivity contribution in [2.24, 2.45) is 0 Å². The van der Waals surface area contributed by atoms with Gasteiger partial charge in [-0.3, -0.25) is 9.69 Å². The number of nitrogens with zero attached hydrogens (tertiary/aromatic N) is 2. The Morgan fingerprint density at radius 2 is 2.35 bits per heavy atom. The molecule has 0 bridgehead atoms. The van der Waals surface area contributed by atoms with Crippen LogP contribution in [0.25, 0.3) is 11.0 Å². The highest BCUT2D eigenvalue weighted by Gasteiger charge is 2.28. The first-order valence-electron chi connectivity index (χ1n) is 6.93. The fourth-order valence-electron chi connectivity index (χ4n) is 2.74. The monoisotopic (exact) mass is 273 g/mol. The first kappa shape index (κ1) is 12.9. The van der Waals surface area contributed by atoms with E-state index in [9.17, 15) is 4.79 Å². The van der Waals surface area contributed by atoms with Crippen LogP contribution in [0.4, 0.5) is 5.69 Å². The van der Waals surface area contributed by atoms with Crippen molar-refractivity contribution in [3.05, 3.63) is 24.0 Å². The van der Waals surface area contributed by atoms with E-state index in [0.717, 1.165) is 35.5 Å². The van der Waals surface area contributed by atoms with Gasteiger partial charge in [0, 0.05) is 18.8 Å². The number of piperazine rings is 1. The summed E-state index contributed by atoms with van der Waals surface area (Å²) in [4.78, 5) is 21.8. The lowest BCUT2D eigenvalue weighted by molar-refractivity contribution is -0.129. The number of aromatic amines is 1. The number of nitrogens with one attached hydrogen (secondary N) is 2. The van der Waals surface area contributed by atoms with Crippen LogP contribution >= 0.6 is 0 Å². The molecule has 3 rings (SSSR count). The highest BCUT2D eigenvalue weighted by Crippen LogP contribution is 2.17. The summed E-state index contributed by atoms with van der Waals surface area (Å²) in [6.45, 7) is 4.23. The number of imidazole rings is 1. The number of benzene rings is 1. The van der Waals surface area contributed by atoms with Gasteiger partial charge < -0.3 is 16.0 Å². The maximum Gasteiger partial charge on any atom is 0.237 e. The van der Waals surface area contributed by atoms with Crippen molar-refractivity contribution in [1.29, 1.82) is 0 Å². The van der Waals surface area contributed by atoms with Crippen molar-refractivity contribution in [2.75, 3.05) is 18.8 Å². The topological polar surface area (TPSA) is 87.0 Å². The molecule has 2 aromatic rings. The summed E-state index contributed by atoms with van der Waals surface area (Å²) >= 11 is 0. The van der Waals surface area contributed by atoms with Crippen molar-refractivity contribution in [3.63, 3.8) is 0 Å². The fraction of sp³-hybridized carbons (Fsp3) is 0.429. The first-order valence-corrected chi connectivity index (χ1v) is 6.93. The number of nitrogens with two attached hydrogens (primary N) is 1. The molecule has 0 aliphatic carbocycles. The van der Waals surface area contributed by atoms with Gasteiger partial charge in [0.25, 0.3) is 0 Å². The third-order valence-electron chi connectivity index (χ3n) is 3.74. The zero-order valence-electron chi connectivity index (χ0n) is 11.5. The van der Waals surface area contributed by atoms with Crippen molar-refractivity contribution in [2.45, 2.75) is 25.9 Å². The van der Waals surface area contributed by atoms with E-state index in [4.69, 9.17) is 5.73 Å². The van der Waals surface area contributed by atoms with Gasteiger partial charge in [-0.25, -0.2) is 4.98 Å². The third-order valence-corrected chi connectivity index (χ3v) is 3.74. The number of hydrogen-bond acceptors (Lipinski definition) is 4. The maximum absolute atomic E-state index is 11.8. The Morgan fingerprint density at radius 3 is 3.15 bits per heavy atom. The van der Waals surface area contributed by atoms with Crippen LogP contribution in [-0.2, 0) is 11.3 Å². The van der Waals surface area contributed by atoms with Crippen molar-refractivity contribution in [1.82, 2.24) is 20.2 Å². The summed E-state index contributed by atoms with van der Waals surface area (Å²) in [5.41, 5.74) is 8.33. The molecule has 6 nitrogen and oxygen atoms in total. The summed E-state index contributed by atoms with van der Waals surface area (Å²) in [5.74, 6) is 0.984. The average Bonchev–Trinajstić information content (AvgIpc) is 2.80. The van der Waals surface area contributed by atoms with Gasteiger partial charge >= 0.3 is 0 Å². The maximum atomic E-state index is 11.8. The van der Waals surface area contributed by atoms with Crippen LogP contribution in [0, 0.1) is 0 Å². The summed E-state index contributed by atoms with van der Waals surface area (Å²) in [6, 6.07) is 5.56. The molecule has 1 aromatic carbocycles. The lowest BCUT2D eigenvalue weighted by Crippen LogP contribution is -2.54. The molecule has 1 atom stereocenters. The number of anilines is 1. The molecule has 1 fully saturated rings. The van der Waals surface area contributed by atoms with E-state index in [1.165, 1.54) is 0 Å². The molecule has 1 aliphatic rings. The second-order valence-electron chi connectivity index (χ2n) is 5.15. The van der Waals surface area contributed by atoms with Gasteiger partial charge in [0.2, 0.25) is 5.91 Å². The zero-order valence-corrected chi connectivity index (χ0v) is 11.5. The predicted molar refractivity (Wildman–Crippen MR) is 78.0 cm³/mol. The molecule has 4 N–H and O–H groups in total. The molecule has 0 radical (unpaired) electrons. The largest absolute Gasteiger partial charge is 0.399 e. The Balaban J connectivity index is 1.82. The van der Waals surface area contributed by atoms with Crippen LogP contribution in [-0.4, -0.2) is 39.9 Å². The van der Waals surface area contributed by atoms with Crippen molar-refractivity contribution >= 4 is 22.6 Å². The van der Waals surface area contributed by atoms with Crippen LogP contribution in [0.5, 0.6) is 0 Å². The van der Waals surface area contributed by atoms with Crippen molar-refractivity contribution < 1.29 is 4.79 Å². The van der Waals surface area contributed by atoms with E-state index >= 15 is 0 Å². The zero-order chi connectivity index (χ0) is 14.1. The highest BCUT2D eigenvalue weighted by atomic mass is 16.2. The van der Waals surface area contributed by atoms with Crippen molar-refractivity contribution in [3.8, 4) is 0 Å². The van der Waals surface area contributed by atoms with Crippen LogP contribution < -0.4 is 11.1 Å². The fourth-order valence-corrected chi connectivity index (χ4v) is 2.74. The minimum atomic E-state index is -0.0676. The number of hydrogen-bond donors (Lipinski definition) is 3. The minimum Gasteiger partial charge on any atom is -0.399 e. The quantitative estimate of drug-likeness (QED) is 0.724. The molecule has 1 unspecified atom stereocenters.